The molecular weight excluding hydrogens is 260 g/mol. The maximum absolute atomic E-state index is 10.9. The zero-order valence-corrected chi connectivity index (χ0v) is 10.7. The van der Waals surface area contributed by atoms with Gasteiger partial charge in [-0.05, 0) is 30.3 Å². The molecular formula is C15H10O3S. The van der Waals surface area contributed by atoms with Crippen molar-refractivity contribution in [3.05, 3.63) is 59.2 Å². The minimum Gasteiger partial charge on any atom is -0.298 e. The van der Waals surface area contributed by atoms with E-state index in [9.17, 15) is 14.4 Å². The fourth-order valence-electron chi connectivity index (χ4n) is 1.58. The van der Waals surface area contributed by atoms with Crippen LogP contribution in [0, 0.1) is 0 Å². The lowest BCUT2D eigenvalue weighted by atomic mass is 10.1. The normalized spacial score (nSPS) is 9.89. The van der Waals surface area contributed by atoms with Gasteiger partial charge in [-0.3, -0.25) is 14.4 Å². The molecule has 94 valence electrons. The van der Waals surface area contributed by atoms with E-state index in [1.54, 1.807) is 30.3 Å². The molecule has 0 heterocycles. The lowest BCUT2D eigenvalue weighted by Gasteiger charge is -2.04. The highest BCUT2D eigenvalue weighted by molar-refractivity contribution is 7.99. The summed E-state index contributed by atoms with van der Waals surface area (Å²) in [6.07, 6.45) is 2.12. The second kappa shape index (κ2) is 6.11. The third-order valence-electron chi connectivity index (χ3n) is 2.56. The van der Waals surface area contributed by atoms with E-state index in [0.717, 1.165) is 16.1 Å². The van der Waals surface area contributed by atoms with Crippen LogP contribution >= 0.6 is 11.8 Å². The predicted octanol–water partition coefficient (Wildman–Crippen LogP) is 3.28. The molecule has 0 fully saturated rings. The van der Waals surface area contributed by atoms with Crippen molar-refractivity contribution in [1.29, 1.82) is 0 Å². The molecule has 0 aliphatic rings. The first-order valence-electron chi connectivity index (χ1n) is 5.54. The minimum atomic E-state index is 0.379. The maximum atomic E-state index is 10.9. The van der Waals surface area contributed by atoms with Crippen LogP contribution in [0.15, 0.2) is 52.3 Å². The molecule has 2 aromatic rings. The highest BCUT2D eigenvalue weighted by Gasteiger charge is 2.04. The Morgan fingerprint density at radius 3 is 1.89 bits per heavy atom. The van der Waals surface area contributed by atoms with Crippen LogP contribution in [-0.4, -0.2) is 18.9 Å². The molecule has 0 bridgehead atoms. The molecule has 0 N–H and O–H groups in total. The number of carbonyl (C=O) groups is 3. The molecule has 19 heavy (non-hydrogen) atoms. The molecule has 2 aromatic carbocycles. The number of hydrogen-bond donors (Lipinski definition) is 0. The molecule has 0 unspecified atom stereocenters. The van der Waals surface area contributed by atoms with E-state index in [1.807, 2.05) is 12.1 Å². The van der Waals surface area contributed by atoms with Crippen molar-refractivity contribution in [3.63, 3.8) is 0 Å². The molecule has 0 aliphatic heterocycles. The van der Waals surface area contributed by atoms with E-state index in [4.69, 9.17) is 0 Å². The Kier molecular flexibility index (Phi) is 4.26. The van der Waals surface area contributed by atoms with Crippen LogP contribution in [0.5, 0.6) is 0 Å². The van der Waals surface area contributed by atoms with Crippen LogP contribution in [0.1, 0.15) is 31.1 Å². The molecule has 3 nitrogen and oxygen atoms in total. The Morgan fingerprint density at radius 2 is 1.32 bits per heavy atom. The van der Waals surface area contributed by atoms with Gasteiger partial charge in [-0.2, -0.15) is 0 Å². The summed E-state index contributed by atoms with van der Waals surface area (Å²) in [4.78, 5) is 34.0. The van der Waals surface area contributed by atoms with Crippen molar-refractivity contribution < 1.29 is 14.4 Å². The second-order valence-corrected chi connectivity index (χ2v) is 4.96. The van der Waals surface area contributed by atoms with Gasteiger partial charge in [0.25, 0.3) is 0 Å². The van der Waals surface area contributed by atoms with Gasteiger partial charge in [0.15, 0.2) is 12.6 Å². The largest absolute Gasteiger partial charge is 0.298 e. The van der Waals surface area contributed by atoms with Crippen molar-refractivity contribution in [3.8, 4) is 0 Å². The number of rotatable bonds is 5. The van der Waals surface area contributed by atoms with E-state index < -0.39 is 0 Å². The third kappa shape index (κ3) is 3.17. The third-order valence-corrected chi connectivity index (χ3v) is 3.56. The van der Waals surface area contributed by atoms with Gasteiger partial charge in [-0.1, -0.05) is 23.9 Å². The van der Waals surface area contributed by atoms with Crippen LogP contribution < -0.4 is 0 Å². The van der Waals surface area contributed by atoms with E-state index in [1.165, 1.54) is 11.8 Å². The standard InChI is InChI=1S/C15H10O3S/c16-8-11-1-4-14(5-2-11)19-15-6-3-12(9-17)13(7-15)10-18/h1-10H. The topological polar surface area (TPSA) is 51.2 Å². The van der Waals surface area contributed by atoms with Gasteiger partial charge in [0, 0.05) is 26.5 Å². The minimum absolute atomic E-state index is 0.379. The molecule has 0 saturated heterocycles. The summed E-state index contributed by atoms with van der Waals surface area (Å²) >= 11 is 1.46. The first-order chi connectivity index (χ1) is 9.26. The average molecular weight is 270 g/mol. The molecule has 2 rings (SSSR count). The van der Waals surface area contributed by atoms with E-state index in [-0.39, 0.29) is 0 Å². The molecule has 0 amide bonds. The molecule has 0 spiro atoms. The highest BCUT2D eigenvalue weighted by atomic mass is 32.2. The maximum Gasteiger partial charge on any atom is 0.150 e. The Bertz CT molecular complexity index is 618. The second-order valence-electron chi connectivity index (χ2n) is 3.82. The quantitative estimate of drug-likeness (QED) is 0.782. The lowest BCUT2D eigenvalue weighted by Crippen LogP contribution is -1.90. The fourth-order valence-corrected chi connectivity index (χ4v) is 2.44. The Labute approximate surface area is 114 Å². The number of aldehydes is 3. The van der Waals surface area contributed by atoms with Gasteiger partial charge < -0.3 is 0 Å². The Hall–Kier alpha value is -2.20. The average Bonchev–Trinajstić information content (AvgIpc) is 2.48. The summed E-state index contributed by atoms with van der Waals surface area (Å²) < 4.78 is 0. The van der Waals surface area contributed by atoms with Crippen LogP contribution in [0.3, 0.4) is 0 Å². The predicted molar refractivity (Wildman–Crippen MR) is 73.2 cm³/mol. The van der Waals surface area contributed by atoms with Crippen LogP contribution in [-0.2, 0) is 0 Å². The van der Waals surface area contributed by atoms with Gasteiger partial charge in [-0.15, -0.1) is 0 Å². The summed E-state index contributed by atoms with van der Waals surface area (Å²) in [6.45, 7) is 0. The van der Waals surface area contributed by atoms with Gasteiger partial charge in [0.1, 0.15) is 6.29 Å². The van der Waals surface area contributed by atoms with Crippen molar-refractivity contribution in [2.75, 3.05) is 0 Å². The molecule has 0 atom stereocenters. The first kappa shape index (κ1) is 13.2. The van der Waals surface area contributed by atoms with E-state index in [0.29, 0.717) is 29.3 Å². The summed E-state index contributed by atoms with van der Waals surface area (Å²) in [5, 5.41) is 0. The van der Waals surface area contributed by atoms with Gasteiger partial charge in [0.05, 0.1) is 0 Å². The Morgan fingerprint density at radius 1 is 0.684 bits per heavy atom. The van der Waals surface area contributed by atoms with Gasteiger partial charge >= 0.3 is 0 Å². The van der Waals surface area contributed by atoms with Crippen molar-refractivity contribution in [2.45, 2.75) is 9.79 Å². The molecule has 0 aliphatic carbocycles. The van der Waals surface area contributed by atoms with Crippen molar-refractivity contribution in [2.24, 2.45) is 0 Å². The summed E-state index contributed by atoms with van der Waals surface area (Å²) in [5.74, 6) is 0. The van der Waals surface area contributed by atoms with E-state index in [2.05, 4.69) is 0 Å². The molecule has 0 radical (unpaired) electrons. The molecule has 4 heteroatoms. The van der Waals surface area contributed by atoms with Crippen LogP contribution in [0.2, 0.25) is 0 Å². The number of carbonyl (C=O) groups excluding carboxylic acids is 3. The smallest absolute Gasteiger partial charge is 0.150 e. The van der Waals surface area contributed by atoms with Crippen molar-refractivity contribution in [1.82, 2.24) is 0 Å². The van der Waals surface area contributed by atoms with Crippen LogP contribution in [0.4, 0.5) is 0 Å². The lowest BCUT2D eigenvalue weighted by molar-refractivity contribution is 0.109. The number of hydrogen-bond acceptors (Lipinski definition) is 4. The SMILES string of the molecule is O=Cc1ccc(Sc2ccc(C=O)c(C=O)c2)cc1. The molecule has 0 saturated carbocycles. The first-order valence-corrected chi connectivity index (χ1v) is 6.36. The zero-order valence-electron chi connectivity index (χ0n) is 9.91. The van der Waals surface area contributed by atoms with E-state index >= 15 is 0 Å². The zero-order chi connectivity index (χ0) is 13.7. The van der Waals surface area contributed by atoms with Crippen molar-refractivity contribution >= 4 is 30.6 Å². The van der Waals surface area contributed by atoms with Crippen LogP contribution in [0.25, 0.3) is 0 Å². The monoisotopic (exact) mass is 270 g/mol. The van der Waals surface area contributed by atoms with Gasteiger partial charge in [-0.25, -0.2) is 0 Å². The molecule has 0 aromatic heterocycles. The summed E-state index contributed by atoms with van der Waals surface area (Å²) in [6, 6.07) is 12.2. The highest BCUT2D eigenvalue weighted by Crippen LogP contribution is 2.28. The number of benzene rings is 2. The Balaban J connectivity index is 2.24. The fraction of sp³-hybridized carbons (Fsp3) is 0. The summed E-state index contributed by atoms with van der Waals surface area (Å²) in [5.41, 5.74) is 1.38. The van der Waals surface area contributed by atoms with Gasteiger partial charge in [0.2, 0.25) is 0 Å². The summed E-state index contributed by atoms with van der Waals surface area (Å²) in [7, 11) is 0.